The summed E-state index contributed by atoms with van der Waals surface area (Å²) in [6.07, 6.45) is 6.29. The van der Waals surface area contributed by atoms with Crippen LogP contribution in [0.2, 0.25) is 0 Å². The van der Waals surface area contributed by atoms with Crippen molar-refractivity contribution in [1.29, 1.82) is 0 Å². The molecule has 1 heterocycles. The standard InChI is InChI=1S/C9H8N2O/c10-9(12)7-4-5-11-8-3-1-2-6(7)8/h1-2,4-5H,3H2,(H2,10,12). The highest BCUT2D eigenvalue weighted by atomic mass is 16.1. The fraction of sp³-hybridized carbons (Fsp3) is 0.111. The van der Waals surface area contributed by atoms with Crippen LogP contribution >= 0.6 is 0 Å². The molecular weight excluding hydrogens is 152 g/mol. The second-order valence-electron chi connectivity index (χ2n) is 2.69. The van der Waals surface area contributed by atoms with E-state index < -0.39 is 0 Å². The molecule has 2 N–H and O–H groups in total. The van der Waals surface area contributed by atoms with Crippen molar-refractivity contribution in [2.45, 2.75) is 6.42 Å². The maximum Gasteiger partial charge on any atom is 0.249 e. The lowest BCUT2D eigenvalue weighted by Crippen LogP contribution is -2.13. The van der Waals surface area contributed by atoms with E-state index in [2.05, 4.69) is 4.98 Å². The van der Waals surface area contributed by atoms with Crippen molar-refractivity contribution < 1.29 is 4.79 Å². The summed E-state index contributed by atoms with van der Waals surface area (Å²) in [7, 11) is 0. The molecule has 0 bridgehead atoms. The monoisotopic (exact) mass is 160 g/mol. The molecule has 1 amide bonds. The predicted octanol–water partition coefficient (Wildman–Crippen LogP) is 0.750. The van der Waals surface area contributed by atoms with E-state index in [0.717, 1.165) is 17.7 Å². The second kappa shape index (κ2) is 2.44. The zero-order valence-corrected chi connectivity index (χ0v) is 6.45. The molecule has 12 heavy (non-hydrogen) atoms. The van der Waals surface area contributed by atoms with Gasteiger partial charge in [-0.1, -0.05) is 12.2 Å². The molecule has 0 radical (unpaired) electrons. The number of nitrogens with zero attached hydrogens (tertiary/aromatic N) is 1. The molecule has 0 unspecified atom stereocenters. The maximum atomic E-state index is 10.9. The van der Waals surface area contributed by atoms with Crippen LogP contribution in [0.25, 0.3) is 6.08 Å². The van der Waals surface area contributed by atoms with Gasteiger partial charge in [-0.05, 0) is 6.07 Å². The minimum Gasteiger partial charge on any atom is -0.366 e. The van der Waals surface area contributed by atoms with Gasteiger partial charge in [0.1, 0.15) is 0 Å². The van der Waals surface area contributed by atoms with Crippen molar-refractivity contribution in [2.75, 3.05) is 0 Å². The number of carbonyl (C=O) groups excluding carboxylic acids is 1. The van der Waals surface area contributed by atoms with E-state index in [1.165, 1.54) is 0 Å². The Morgan fingerprint density at radius 3 is 3.17 bits per heavy atom. The number of hydrogen-bond donors (Lipinski definition) is 1. The lowest BCUT2D eigenvalue weighted by Gasteiger charge is -2.01. The zero-order valence-electron chi connectivity index (χ0n) is 6.45. The Kier molecular flexibility index (Phi) is 1.43. The number of amides is 1. The number of pyridine rings is 1. The molecule has 0 atom stereocenters. The molecule has 0 aliphatic heterocycles. The molecule has 60 valence electrons. The number of primary amides is 1. The number of allylic oxidation sites excluding steroid dienone is 1. The molecular formula is C9H8N2O. The first-order chi connectivity index (χ1) is 5.79. The summed E-state index contributed by atoms with van der Waals surface area (Å²) >= 11 is 0. The molecule has 0 saturated carbocycles. The van der Waals surface area contributed by atoms with E-state index in [4.69, 9.17) is 5.73 Å². The third kappa shape index (κ3) is 0.906. The van der Waals surface area contributed by atoms with Crippen molar-refractivity contribution in [3.63, 3.8) is 0 Å². The Labute approximate surface area is 69.9 Å². The van der Waals surface area contributed by atoms with Gasteiger partial charge in [-0.3, -0.25) is 9.78 Å². The zero-order chi connectivity index (χ0) is 8.55. The lowest BCUT2D eigenvalue weighted by atomic mass is 10.1. The van der Waals surface area contributed by atoms with E-state index in [0.29, 0.717) is 5.56 Å². The third-order valence-electron chi connectivity index (χ3n) is 1.93. The van der Waals surface area contributed by atoms with E-state index in [9.17, 15) is 4.79 Å². The van der Waals surface area contributed by atoms with E-state index in [1.54, 1.807) is 12.3 Å². The smallest absolute Gasteiger partial charge is 0.249 e. The van der Waals surface area contributed by atoms with E-state index in [-0.39, 0.29) is 5.91 Å². The SMILES string of the molecule is NC(=O)c1ccnc2c1C=CC2. The van der Waals surface area contributed by atoms with Crippen molar-refractivity contribution in [3.8, 4) is 0 Å². The van der Waals surface area contributed by atoms with Gasteiger partial charge in [-0.2, -0.15) is 0 Å². The van der Waals surface area contributed by atoms with Crippen LogP contribution in [-0.2, 0) is 6.42 Å². The quantitative estimate of drug-likeness (QED) is 0.659. The van der Waals surface area contributed by atoms with Crippen molar-refractivity contribution in [2.24, 2.45) is 5.73 Å². The number of carbonyl (C=O) groups is 1. The number of hydrogen-bond acceptors (Lipinski definition) is 2. The molecule has 1 aromatic rings. The third-order valence-corrected chi connectivity index (χ3v) is 1.93. The van der Waals surface area contributed by atoms with E-state index in [1.807, 2.05) is 12.2 Å². The van der Waals surface area contributed by atoms with E-state index >= 15 is 0 Å². The molecule has 1 aliphatic rings. The van der Waals surface area contributed by atoms with Crippen molar-refractivity contribution in [3.05, 3.63) is 35.2 Å². The Bertz CT molecular complexity index is 369. The van der Waals surface area contributed by atoms with Crippen molar-refractivity contribution in [1.82, 2.24) is 4.98 Å². The first-order valence-electron chi connectivity index (χ1n) is 3.73. The minimum absolute atomic E-state index is 0.389. The van der Waals surface area contributed by atoms with Crippen LogP contribution in [0.15, 0.2) is 18.3 Å². The Hall–Kier alpha value is -1.64. The summed E-state index contributed by atoms with van der Waals surface area (Å²) < 4.78 is 0. The van der Waals surface area contributed by atoms with Crippen LogP contribution in [0, 0.1) is 0 Å². The summed E-state index contributed by atoms with van der Waals surface area (Å²) in [4.78, 5) is 15.1. The normalized spacial score (nSPS) is 13.0. The first-order valence-corrected chi connectivity index (χ1v) is 3.73. The van der Waals surface area contributed by atoms with Crippen LogP contribution in [0.4, 0.5) is 0 Å². The van der Waals surface area contributed by atoms with Gasteiger partial charge >= 0.3 is 0 Å². The molecule has 0 aromatic carbocycles. The van der Waals surface area contributed by atoms with Crippen LogP contribution < -0.4 is 5.73 Å². The lowest BCUT2D eigenvalue weighted by molar-refractivity contribution is 0.1000. The topological polar surface area (TPSA) is 56.0 Å². The molecule has 2 rings (SSSR count). The van der Waals surface area contributed by atoms with Crippen LogP contribution in [-0.4, -0.2) is 10.9 Å². The van der Waals surface area contributed by atoms with Gasteiger partial charge in [0, 0.05) is 23.7 Å². The average molecular weight is 160 g/mol. The van der Waals surface area contributed by atoms with Gasteiger partial charge in [-0.15, -0.1) is 0 Å². The number of nitrogens with two attached hydrogens (primary N) is 1. The highest BCUT2D eigenvalue weighted by Gasteiger charge is 2.13. The summed E-state index contributed by atoms with van der Waals surface area (Å²) in [6, 6.07) is 1.65. The Balaban J connectivity index is 2.63. The molecule has 0 fully saturated rings. The molecule has 1 aliphatic carbocycles. The number of fused-ring (bicyclic) bond motifs is 1. The average Bonchev–Trinajstić information content (AvgIpc) is 2.49. The van der Waals surface area contributed by atoms with Crippen molar-refractivity contribution >= 4 is 12.0 Å². The highest BCUT2D eigenvalue weighted by molar-refractivity contribution is 5.97. The molecule has 0 saturated heterocycles. The first kappa shape index (κ1) is 7.03. The number of rotatable bonds is 1. The van der Waals surface area contributed by atoms with Crippen LogP contribution in [0.3, 0.4) is 0 Å². The molecule has 3 heteroatoms. The highest BCUT2D eigenvalue weighted by Crippen LogP contribution is 2.20. The largest absolute Gasteiger partial charge is 0.366 e. The second-order valence-corrected chi connectivity index (χ2v) is 2.69. The Morgan fingerprint density at radius 1 is 1.58 bits per heavy atom. The van der Waals surface area contributed by atoms with Gasteiger partial charge in [0.15, 0.2) is 0 Å². The van der Waals surface area contributed by atoms with Gasteiger partial charge in [-0.25, -0.2) is 0 Å². The molecule has 0 spiro atoms. The number of aromatic nitrogens is 1. The van der Waals surface area contributed by atoms with Crippen LogP contribution in [0.5, 0.6) is 0 Å². The molecule has 3 nitrogen and oxygen atoms in total. The summed E-state index contributed by atoms with van der Waals surface area (Å²) in [5.74, 6) is -0.389. The fourth-order valence-corrected chi connectivity index (χ4v) is 1.37. The summed E-state index contributed by atoms with van der Waals surface area (Å²) in [5.41, 5.74) is 7.57. The fourth-order valence-electron chi connectivity index (χ4n) is 1.37. The predicted molar refractivity (Wildman–Crippen MR) is 45.5 cm³/mol. The van der Waals surface area contributed by atoms with Gasteiger partial charge in [0.05, 0.1) is 5.69 Å². The minimum atomic E-state index is -0.389. The maximum absolute atomic E-state index is 10.9. The summed E-state index contributed by atoms with van der Waals surface area (Å²) in [6.45, 7) is 0. The van der Waals surface area contributed by atoms with Gasteiger partial charge in [0.2, 0.25) is 5.91 Å². The van der Waals surface area contributed by atoms with Gasteiger partial charge < -0.3 is 5.73 Å². The Morgan fingerprint density at radius 2 is 2.42 bits per heavy atom. The van der Waals surface area contributed by atoms with Crippen LogP contribution in [0.1, 0.15) is 21.6 Å². The summed E-state index contributed by atoms with van der Waals surface area (Å²) in [5, 5.41) is 0. The molecule has 1 aromatic heterocycles. The van der Waals surface area contributed by atoms with Gasteiger partial charge in [0.25, 0.3) is 0 Å².